The number of hydrogen-bond acceptors (Lipinski definition) is 5. The predicted octanol–water partition coefficient (Wildman–Crippen LogP) is 2.20. The molecule has 6 nitrogen and oxygen atoms in total. The van der Waals surface area contributed by atoms with Crippen molar-refractivity contribution in [2.24, 2.45) is 0 Å². The Kier molecular flexibility index (Phi) is 3.94. The highest BCUT2D eigenvalue weighted by Gasteiger charge is 2.31. The van der Waals surface area contributed by atoms with E-state index in [1.165, 1.54) is 0 Å². The van der Waals surface area contributed by atoms with Crippen molar-refractivity contribution in [1.29, 1.82) is 0 Å². The summed E-state index contributed by atoms with van der Waals surface area (Å²) >= 11 is 0. The molecule has 1 saturated carbocycles. The molecule has 1 fully saturated rings. The van der Waals surface area contributed by atoms with E-state index < -0.39 is 0 Å². The molecule has 1 aliphatic rings. The molecule has 0 amide bonds. The molecule has 0 unspecified atom stereocenters. The average molecular weight is 301 g/mol. The van der Waals surface area contributed by atoms with Gasteiger partial charge in [0.05, 0.1) is 29.7 Å². The lowest BCUT2D eigenvalue weighted by atomic mass is 10.1. The minimum atomic E-state index is -0.354. The molecular formula is C16H19N3O3. The number of benzene rings is 1. The Labute approximate surface area is 128 Å². The molecule has 116 valence electrons. The molecule has 0 saturated heterocycles. The van der Waals surface area contributed by atoms with Crippen LogP contribution in [-0.2, 0) is 11.3 Å². The van der Waals surface area contributed by atoms with E-state index in [-0.39, 0.29) is 18.7 Å². The summed E-state index contributed by atoms with van der Waals surface area (Å²) in [5.74, 6) is 0.0377. The lowest BCUT2D eigenvalue weighted by Crippen LogP contribution is -2.12. The third kappa shape index (κ3) is 2.87. The van der Waals surface area contributed by atoms with Gasteiger partial charge in [-0.25, -0.2) is 9.48 Å². The van der Waals surface area contributed by atoms with E-state index in [4.69, 9.17) is 4.74 Å². The molecule has 1 heterocycles. The first kappa shape index (κ1) is 14.7. The maximum absolute atomic E-state index is 12.0. The molecule has 6 heteroatoms. The minimum absolute atomic E-state index is 0.124. The van der Waals surface area contributed by atoms with Crippen LogP contribution in [0.3, 0.4) is 0 Å². The molecule has 1 aliphatic carbocycles. The summed E-state index contributed by atoms with van der Waals surface area (Å²) in [6.07, 6.45) is 2.00. The molecule has 22 heavy (non-hydrogen) atoms. The molecule has 0 aliphatic heterocycles. The molecule has 2 aromatic rings. The van der Waals surface area contributed by atoms with E-state index in [1.54, 1.807) is 22.9 Å². The van der Waals surface area contributed by atoms with E-state index in [9.17, 15) is 9.90 Å². The Hall–Kier alpha value is -2.21. The first-order valence-corrected chi connectivity index (χ1v) is 7.47. The van der Waals surface area contributed by atoms with E-state index in [0.717, 1.165) is 24.2 Å². The van der Waals surface area contributed by atoms with Gasteiger partial charge in [0, 0.05) is 5.92 Å². The highest BCUT2D eigenvalue weighted by Crippen LogP contribution is 2.41. The van der Waals surface area contributed by atoms with Gasteiger partial charge in [-0.3, -0.25) is 0 Å². The highest BCUT2D eigenvalue weighted by molar-refractivity contribution is 5.90. The molecule has 0 bridgehead atoms. The summed E-state index contributed by atoms with van der Waals surface area (Å²) in [6, 6.07) is 7.12. The van der Waals surface area contributed by atoms with Crippen LogP contribution in [0.15, 0.2) is 24.3 Å². The molecule has 1 aromatic carbocycles. The molecule has 0 radical (unpaired) electrons. The van der Waals surface area contributed by atoms with Gasteiger partial charge < -0.3 is 9.84 Å². The van der Waals surface area contributed by atoms with Crippen molar-refractivity contribution in [3.8, 4) is 5.69 Å². The Morgan fingerprint density at radius 1 is 1.45 bits per heavy atom. The van der Waals surface area contributed by atoms with Crippen LogP contribution >= 0.6 is 0 Å². The zero-order valence-electron chi connectivity index (χ0n) is 12.7. The summed E-state index contributed by atoms with van der Waals surface area (Å²) in [4.78, 5) is 12.0. The van der Waals surface area contributed by atoms with E-state index in [2.05, 4.69) is 10.3 Å². The van der Waals surface area contributed by atoms with Gasteiger partial charge in [0.2, 0.25) is 0 Å². The third-order valence-electron chi connectivity index (χ3n) is 3.56. The fourth-order valence-electron chi connectivity index (χ4n) is 2.44. The highest BCUT2D eigenvalue weighted by atomic mass is 16.5. The molecule has 1 aromatic heterocycles. The number of aliphatic hydroxyl groups excluding tert-OH is 1. The number of ether oxygens (including phenoxy) is 1. The van der Waals surface area contributed by atoms with Gasteiger partial charge >= 0.3 is 5.97 Å². The SMILES string of the molecule is CC(C)OC(=O)c1cccc(-n2nnc(CO)c2C2CC2)c1. The maximum Gasteiger partial charge on any atom is 0.338 e. The standard InChI is InChI=1S/C16H19N3O3/c1-10(2)22-16(21)12-4-3-5-13(8-12)19-15(11-6-7-11)14(9-20)17-18-19/h3-5,8,10-11,20H,6-7,9H2,1-2H3. The van der Waals surface area contributed by atoms with E-state index >= 15 is 0 Å². The molecule has 0 spiro atoms. The monoisotopic (exact) mass is 301 g/mol. The van der Waals surface area contributed by atoms with Gasteiger partial charge in [-0.1, -0.05) is 11.3 Å². The number of carbonyl (C=O) groups excluding carboxylic acids is 1. The van der Waals surface area contributed by atoms with Crippen molar-refractivity contribution < 1.29 is 14.6 Å². The van der Waals surface area contributed by atoms with Crippen LogP contribution < -0.4 is 0 Å². The lowest BCUT2D eigenvalue weighted by Gasteiger charge is -2.10. The number of aromatic nitrogens is 3. The van der Waals surface area contributed by atoms with Crippen LogP contribution in [0.25, 0.3) is 5.69 Å². The third-order valence-corrected chi connectivity index (χ3v) is 3.56. The topological polar surface area (TPSA) is 77.2 Å². The smallest absolute Gasteiger partial charge is 0.338 e. The van der Waals surface area contributed by atoms with Crippen molar-refractivity contribution in [3.63, 3.8) is 0 Å². The van der Waals surface area contributed by atoms with E-state index in [1.807, 2.05) is 19.9 Å². The number of hydrogen-bond donors (Lipinski definition) is 1. The molecule has 0 atom stereocenters. The van der Waals surface area contributed by atoms with Crippen molar-refractivity contribution >= 4 is 5.97 Å². The van der Waals surface area contributed by atoms with Gasteiger partial charge in [-0.05, 0) is 44.9 Å². The normalized spacial score (nSPS) is 14.4. The van der Waals surface area contributed by atoms with E-state index in [0.29, 0.717) is 17.2 Å². The van der Waals surface area contributed by atoms with Crippen LogP contribution in [0.2, 0.25) is 0 Å². The van der Waals surface area contributed by atoms with Crippen LogP contribution in [-0.4, -0.2) is 32.2 Å². The zero-order chi connectivity index (χ0) is 15.7. The minimum Gasteiger partial charge on any atom is -0.459 e. The van der Waals surface area contributed by atoms with Crippen LogP contribution in [0.1, 0.15) is 54.4 Å². The second-order valence-corrected chi connectivity index (χ2v) is 5.77. The van der Waals surface area contributed by atoms with Crippen molar-refractivity contribution in [1.82, 2.24) is 15.0 Å². The Morgan fingerprint density at radius 2 is 2.23 bits per heavy atom. The number of esters is 1. The fraction of sp³-hybridized carbons (Fsp3) is 0.438. The maximum atomic E-state index is 12.0. The van der Waals surface area contributed by atoms with Gasteiger partial charge in [0.15, 0.2) is 0 Å². The summed E-state index contributed by atoms with van der Waals surface area (Å²) in [6.45, 7) is 3.51. The number of carbonyl (C=O) groups is 1. The first-order chi connectivity index (χ1) is 10.6. The number of rotatable bonds is 5. The molecular weight excluding hydrogens is 282 g/mol. The lowest BCUT2D eigenvalue weighted by molar-refractivity contribution is 0.0378. The van der Waals surface area contributed by atoms with Crippen molar-refractivity contribution in [2.45, 2.75) is 45.3 Å². The summed E-state index contributed by atoms with van der Waals surface area (Å²) < 4.78 is 6.94. The van der Waals surface area contributed by atoms with Crippen molar-refractivity contribution in [3.05, 3.63) is 41.2 Å². The van der Waals surface area contributed by atoms with Gasteiger partial charge in [-0.15, -0.1) is 5.10 Å². The quantitative estimate of drug-likeness (QED) is 0.857. The number of aliphatic hydroxyl groups is 1. The Balaban J connectivity index is 1.96. The predicted molar refractivity (Wildman–Crippen MR) is 79.8 cm³/mol. The Morgan fingerprint density at radius 3 is 2.86 bits per heavy atom. The zero-order valence-corrected chi connectivity index (χ0v) is 12.7. The summed E-state index contributed by atoms with van der Waals surface area (Å²) in [7, 11) is 0. The average Bonchev–Trinajstić information content (AvgIpc) is 3.25. The fourth-order valence-corrected chi connectivity index (χ4v) is 2.44. The Bertz CT molecular complexity index is 690. The van der Waals surface area contributed by atoms with Crippen LogP contribution in [0, 0.1) is 0 Å². The van der Waals surface area contributed by atoms with Gasteiger partial charge in [-0.2, -0.15) is 0 Å². The summed E-state index contributed by atoms with van der Waals surface area (Å²) in [5, 5.41) is 17.6. The van der Waals surface area contributed by atoms with Gasteiger partial charge in [0.25, 0.3) is 0 Å². The summed E-state index contributed by atoms with van der Waals surface area (Å²) in [5.41, 5.74) is 2.79. The largest absolute Gasteiger partial charge is 0.459 e. The second-order valence-electron chi connectivity index (χ2n) is 5.77. The first-order valence-electron chi connectivity index (χ1n) is 7.47. The molecule has 1 N–H and O–H groups in total. The van der Waals surface area contributed by atoms with Crippen LogP contribution in [0.5, 0.6) is 0 Å². The second kappa shape index (κ2) is 5.88. The molecule has 3 rings (SSSR count). The number of nitrogens with zero attached hydrogens (tertiary/aromatic N) is 3. The van der Waals surface area contributed by atoms with Crippen LogP contribution in [0.4, 0.5) is 0 Å². The van der Waals surface area contributed by atoms with Crippen molar-refractivity contribution in [2.75, 3.05) is 0 Å². The van der Waals surface area contributed by atoms with Gasteiger partial charge in [0.1, 0.15) is 5.69 Å².